The van der Waals surface area contributed by atoms with Gasteiger partial charge in [0.05, 0.1) is 24.4 Å². The van der Waals surface area contributed by atoms with Crippen molar-refractivity contribution in [3.63, 3.8) is 0 Å². The van der Waals surface area contributed by atoms with E-state index in [0.717, 1.165) is 40.5 Å². The van der Waals surface area contributed by atoms with Crippen LogP contribution in [0.2, 0.25) is 5.02 Å². The lowest BCUT2D eigenvalue weighted by molar-refractivity contribution is -0.121. The van der Waals surface area contributed by atoms with E-state index < -0.39 is 6.04 Å². The molecule has 0 saturated carbocycles. The van der Waals surface area contributed by atoms with Crippen LogP contribution in [0.25, 0.3) is 5.69 Å². The van der Waals surface area contributed by atoms with Crippen molar-refractivity contribution in [2.24, 2.45) is 4.99 Å². The molecule has 0 aliphatic carbocycles. The molecule has 7 nitrogen and oxygen atoms in total. The molecule has 1 amide bonds. The van der Waals surface area contributed by atoms with E-state index in [2.05, 4.69) is 27.6 Å². The summed E-state index contributed by atoms with van der Waals surface area (Å²) in [6, 6.07) is 23.3. The molecule has 1 N–H and O–H groups in total. The summed E-state index contributed by atoms with van der Waals surface area (Å²) in [6.45, 7) is 4.90. The Morgan fingerprint density at radius 1 is 1.05 bits per heavy atom. The topological polar surface area (TPSA) is 81.4 Å². The Balaban J connectivity index is 1.57. The van der Waals surface area contributed by atoms with E-state index in [1.165, 1.54) is 5.56 Å². The molecule has 0 unspecified atom stereocenters. The minimum atomic E-state index is -0.506. The number of aryl methyl sites for hydroxylation is 1. The zero-order valence-electron chi connectivity index (χ0n) is 20.8. The third-order valence-corrected chi connectivity index (χ3v) is 6.52. The number of carbonyl (C=O) groups is 1. The Morgan fingerprint density at radius 3 is 2.59 bits per heavy atom. The van der Waals surface area contributed by atoms with Crippen LogP contribution in [0.15, 0.2) is 77.8 Å². The number of amides is 1. The first-order chi connectivity index (χ1) is 18.0. The SMILES string of the molecule is CCNC(=O)C[C@@H]1N=C(c2ccc(Cl)cc2)c2cc(OCCc3ccccc3)ccc2-n2c(C)nnc21. The summed E-state index contributed by atoms with van der Waals surface area (Å²) in [6.07, 6.45) is 0.969. The molecular formula is C29H28ClN5O2. The normalized spacial score (nSPS) is 14.2. The summed E-state index contributed by atoms with van der Waals surface area (Å²) in [5, 5.41) is 12.3. The lowest BCUT2D eigenvalue weighted by atomic mass is 10.00. The van der Waals surface area contributed by atoms with Crippen LogP contribution in [-0.4, -0.2) is 39.5 Å². The van der Waals surface area contributed by atoms with Gasteiger partial charge in [-0.1, -0.05) is 54.1 Å². The fourth-order valence-corrected chi connectivity index (χ4v) is 4.64. The summed E-state index contributed by atoms with van der Waals surface area (Å²) in [5.74, 6) is 2.01. The van der Waals surface area contributed by atoms with Gasteiger partial charge in [-0.05, 0) is 49.7 Å². The van der Waals surface area contributed by atoms with Gasteiger partial charge in [-0.25, -0.2) is 0 Å². The van der Waals surface area contributed by atoms with Crippen molar-refractivity contribution in [3.8, 4) is 11.4 Å². The monoisotopic (exact) mass is 513 g/mol. The lowest BCUT2D eigenvalue weighted by Crippen LogP contribution is -2.25. The molecule has 0 bridgehead atoms. The molecule has 1 atom stereocenters. The van der Waals surface area contributed by atoms with Crippen LogP contribution in [0.3, 0.4) is 0 Å². The molecule has 0 fully saturated rings. The number of nitrogens with zero attached hydrogens (tertiary/aromatic N) is 4. The first-order valence-corrected chi connectivity index (χ1v) is 12.7. The highest BCUT2D eigenvalue weighted by molar-refractivity contribution is 6.30. The number of halogens is 1. The molecular weight excluding hydrogens is 486 g/mol. The van der Waals surface area contributed by atoms with Gasteiger partial charge in [0.25, 0.3) is 0 Å². The molecule has 1 aromatic heterocycles. The van der Waals surface area contributed by atoms with Crippen molar-refractivity contribution in [1.29, 1.82) is 0 Å². The summed E-state index contributed by atoms with van der Waals surface area (Å²) >= 11 is 6.19. The maximum absolute atomic E-state index is 12.6. The maximum atomic E-state index is 12.6. The highest BCUT2D eigenvalue weighted by Gasteiger charge is 2.30. The van der Waals surface area contributed by atoms with Gasteiger partial charge in [-0.15, -0.1) is 10.2 Å². The first-order valence-electron chi connectivity index (χ1n) is 12.4. The second-order valence-corrected chi connectivity index (χ2v) is 9.30. The van der Waals surface area contributed by atoms with E-state index in [1.54, 1.807) is 0 Å². The third-order valence-electron chi connectivity index (χ3n) is 6.27. The minimum Gasteiger partial charge on any atom is -0.493 e. The molecule has 0 spiro atoms. The number of hydrogen-bond donors (Lipinski definition) is 1. The lowest BCUT2D eigenvalue weighted by Gasteiger charge is -2.15. The Hall–Kier alpha value is -3.97. The van der Waals surface area contributed by atoms with Gasteiger partial charge in [0.15, 0.2) is 5.82 Å². The van der Waals surface area contributed by atoms with Crippen LogP contribution in [0.4, 0.5) is 0 Å². The fraction of sp³-hybridized carbons (Fsp3) is 0.241. The van der Waals surface area contributed by atoms with Crippen molar-refractivity contribution in [1.82, 2.24) is 20.1 Å². The summed E-state index contributed by atoms with van der Waals surface area (Å²) in [5.41, 5.74) is 4.63. The van der Waals surface area contributed by atoms with Crippen molar-refractivity contribution in [2.75, 3.05) is 13.2 Å². The third kappa shape index (κ3) is 5.42. The maximum Gasteiger partial charge on any atom is 0.222 e. The standard InChI is InChI=1S/C29H28ClN5O2/c1-3-31-27(36)18-25-29-34-33-19(2)35(29)26-14-13-23(37-16-15-20-7-5-4-6-8-20)17-24(26)28(32-25)21-9-11-22(30)12-10-21/h4-14,17,25H,3,15-16,18H2,1-2H3,(H,31,36)/t25-/m0/s1. The van der Waals surface area contributed by atoms with Gasteiger partial charge in [0.1, 0.15) is 17.6 Å². The molecule has 1 aliphatic heterocycles. The molecule has 37 heavy (non-hydrogen) atoms. The van der Waals surface area contributed by atoms with Crippen LogP contribution >= 0.6 is 11.6 Å². The van der Waals surface area contributed by atoms with Crippen LogP contribution in [0.5, 0.6) is 5.75 Å². The van der Waals surface area contributed by atoms with Crippen molar-refractivity contribution < 1.29 is 9.53 Å². The number of ether oxygens (including phenoxy) is 1. The zero-order chi connectivity index (χ0) is 25.8. The molecule has 5 rings (SSSR count). The number of benzene rings is 3. The molecule has 0 radical (unpaired) electrons. The van der Waals surface area contributed by atoms with Crippen LogP contribution in [0, 0.1) is 6.92 Å². The van der Waals surface area contributed by atoms with Gasteiger partial charge in [0.2, 0.25) is 5.91 Å². The predicted molar refractivity (Wildman–Crippen MR) is 145 cm³/mol. The van der Waals surface area contributed by atoms with E-state index in [4.69, 9.17) is 21.3 Å². The van der Waals surface area contributed by atoms with Crippen molar-refractivity contribution >= 4 is 23.2 Å². The Bertz CT molecular complexity index is 1430. The largest absolute Gasteiger partial charge is 0.493 e. The highest BCUT2D eigenvalue weighted by Crippen LogP contribution is 2.34. The van der Waals surface area contributed by atoms with Crippen LogP contribution < -0.4 is 10.1 Å². The molecule has 0 saturated heterocycles. The molecule has 4 aromatic rings. The molecule has 8 heteroatoms. The number of aliphatic imine (C=N–C) groups is 1. The minimum absolute atomic E-state index is 0.0881. The Morgan fingerprint density at radius 2 is 1.84 bits per heavy atom. The van der Waals surface area contributed by atoms with E-state index in [0.29, 0.717) is 24.0 Å². The predicted octanol–water partition coefficient (Wildman–Crippen LogP) is 5.27. The average Bonchev–Trinajstić information content (AvgIpc) is 3.23. The van der Waals surface area contributed by atoms with E-state index in [1.807, 2.05) is 79.1 Å². The van der Waals surface area contributed by atoms with Gasteiger partial charge in [-0.2, -0.15) is 0 Å². The van der Waals surface area contributed by atoms with Gasteiger partial charge >= 0.3 is 0 Å². The smallest absolute Gasteiger partial charge is 0.222 e. The number of hydrogen-bond acceptors (Lipinski definition) is 5. The van der Waals surface area contributed by atoms with E-state index in [-0.39, 0.29) is 12.3 Å². The van der Waals surface area contributed by atoms with E-state index >= 15 is 0 Å². The van der Waals surface area contributed by atoms with Crippen molar-refractivity contribution in [3.05, 3.63) is 106 Å². The summed E-state index contributed by atoms with van der Waals surface area (Å²) in [7, 11) is 0. The highest BCUT2D eigenvalue weighted by atomic mass is 35.5. The summed E-state index contributed by atoms with van der Waals surface area (Å²) < 4.78 is 8.15. The van der Waals surface area contributed by atoms with E-state index in [9.17, 15) is 4.79 Å². The van der Waals surface area contributed by atoms with Crippen LogP contribution in [-0.2, 0) is 11.2 Å². The van der Waals surface area contributed by atoms with Crippen molar-refractivity contribution in [2.45, 2.75) is 32.7 Å². The second kappa shape index (κ2) is 11.0. The number of fused-ring (bicyclic) bond motifs is 3. The van der Waals surface area contributed by atoms with Crippen LogP contribution in [0.1, 0.15) is 47.7 Å². The molecule has 188 valence electrons. The fourth-order valence-electron chi connectivity index (χ4n) is 4.52. The van der Waals surface area contributed by atoms with Gasteiger partial charge in [-0.3, -0.25) is 14.4 Å². The molecule has 1 aliphatic rings. The second-order valence-electron chi connectivity index (χ2n) is 8.86. The average molecular weight is 514 g/mol. The number of rotatable bonds is 8. The first kappa shape index (κ1) is 24.7. The molecule has 2 heterocycles. The zero-order valence-corrected chi connectivity index (χ0v) is 21.6. The Labute approximate surface area is 221 Å². The quantitative estimate of drug-likeness (QED) is 0.348. The number of nitrogens with one attached hydrogen (secondary N) is 1. The number of carbonyl (C=O) groups excluding carboxylic acids is 1. The Kier molecular flexibility index (Phi) is 7.32. The van der Waals surface area contributed by atoms with Gasteiger partial charge < -0.3 is 10.1 Å². The molecule has 3 aromatic carbocycles. The summed E-state index contributed by atoms with van der Waals surface area (Å²) in [4.78, 5) is 17.7. The van der Waals surface area contributed by atoms with Gasteiger partial charge in [0, 0.05) is 29.1 Å². The number of aromatic nitrogens is 3.